The summed E-state index contributed by atoms with van der Waals surface area (Å²) in [6.45, 7) is 4.30. The van der Waals surface area contributed by atoms with Crippen molar-refractivity contribution in [2.75, 3.05) is 26.3 Å². The molecule has 0 spiro atoms. The number of benzene rings is 1. The summed E-state index contributed by atoms with van der Waals surface area (Å²) in [6, 6.07) is 2.88. The Labute approximate surface area is 122 Å². The molecule has 2 rings (SSSR count). The number of morpholine rings is 1. The summed E-state index contributed by atoms with van der Waals surface area (Å²) in [5.41, 5.74) is 0.595. The van der Waals surface area contributed by atoms with Crippen molar-refractivity contribution in [3.05, 3.63) is 34.1 Å². The summed E-state index contributed by atoms with van der Waals surface area (Å²) in [5, 5.41) is 6.31. The quantitative estimate of drug-likeness (QED) is 0.893. The van der Waals surface area contributed by atoms with Gasteiger partial charge in [-0.05, 0) is 31.0 Å². The number of halogens is 2. The van der Waals surface area contributed by atoms with Gasteiger partial charge in [0.15, 0.2) is 0 Å². The molecule has 0 saturated carbocycles. The van der Waals surface area contributed by atoms with Crippen LogP contribution in [0.4, 0.5) is 4.39 Å². The average Bonchev–Trinajstić information content (AvgIpc) is 2.44. The molecule has 1 aromatic carbocycles. The van der Waals surface area contributed by atoms with E-state index in [-0.39, 0.29) is 22.5 Å². The van der Waals surface area contributed by atoms with Crippen molar-refractivity contribution in [2.45, 2.75) is 19.4 Å². The van der Waals surface area contributed by atoms with Crippen molar-refractivity contribution in [3.63, 3.8) is 0 Å². The summed E-state index contributed by atoms with van der Waals surface area (Å²) < 4.78 is 18.8. The van der Waals surface area contributed by atoms with Gasteiger partial charge in [0.2, 0.25) is 0 Å². The Morgan fingerprint density at radius 1 is 1.60 bits per heavy atom. The number of rotatable bonds is 4. The molecule has 1 aliphatic rings. The Morgan fingerprint density at radius 2 is 2.40 bits per heavy atom. The van der Waals surface area contributed by atoms with Crippen molar-refractivity contribution in [2.24, 2.45) is 0 Å². The minimum atomic E-state index is -0.429. The lowest BCUT2D eigenvalue weighted by atomic mass is 10.1. The highest BCUT2D eigenvalue weighted by molar-refractivity contribution is 6.33. The van der Waals surface area contributed by atoms with E-state index in [1.807, 2.05) is 0 Å². The monoisotopic (exact) mass is 300 g/mol. The zero-order chi connectivity index (χ0) is 14.5. The van der Waals surface area contributed by atoms with Crippen LogP contribution in [0.5, 0.6) is 0 Å². The molecule has 110 valence electrons. The third-order valence-electron chi connectivity index (χ3n) is 3.27. The van der Waals surface area contributed by atoms with Crippen molar-refractivity contribution < 1.29 is 13.9 Å². The molecule has 1 heterocycles. The topological polar surface area (TPSA) is 50.4 Å². The van der Waals surface area contributed by atoms with E-state index < -0.39 is 5.82 Å². The van der Waals surface area contributed by atoms with Crippen molar-refractivity contribution in [1.29, 1.82) is 0 Å². The van der Waals surface area contributed by atoms with Crippen LogP contribution >= 0.6 is 11.6 Å². The SMILES string of the molecule is Cc1cc(Cl)c(C(=O)NCCC2COCCN2)cc1F. The fourth-order valence-corrected chi connectivity index (χ4v) is 2.38. The Bertz CT molecular complexity index is 490. The maximum Gasteiger partial charge on any atom is 0.252 e. The largest absolute Gasteiger partial charge is 0.379 e. The molecule has 20 heavy (non-hydrogen) atoms. The predicted molar refractivity (Wildman–Crippen MR) is 75.7 cm³/mol. The van der Waals surface area contributed by atoms with E-state index in [9.17, 15) is 9.18 Å². The second-order valence-electron chi connectivity index (χ2n) is 4.85. The van der Waals surface area contributed by atoms with Gasteiger partial charge in [-0.3, -0.25) is 4.79 Å². The van der Waals surface area contributed by atoms with Crippen LogP contribution in [0, 0.1) is 12.7 Å². The van der Waals surface area contributed by atoms with E-state index in [2.05, 4.69) is 10.6 Å². The number of nitrogens with one attached hydrogen (secondary N) is 2. The summed E-state index contributed by atoms with van der Waals surface area (Å²) >= 11 is 5.96. The molecule has 0 aromatic heterocycles. The van der Waals surface area contributed by atoms with Crippen LogP contribution in [0.25, 0.3) is 0 Å². The molecule has 4 nitrogen and oxygen atoms in total. The van der Waals surface area contributed by atoms with Gasteiger partial charge in [0, 0.05) is 19.1 Å². The fraction of sp³-hybridized carbons (Fsp3) is 0.500. The third kappa shape index (κ3) is 3.91. The van der Waals surface area contributed by atoms with Gasteiger partial charge in [-0.15, -0.1) is 0 Å². The molecule has 2 N–H and O–H groups in total. The molecule has 1 unspecified atom stereocenters. The van der Waals surface area contributed by atoms with Crippen LogP contribution in [-0.4, -0.2) is 38.3 Å². The molecule has 0 radical (unpaired) electrons. The van der Waals surface area contributed by atoms with Crippen molar-refractivity contribution >= 4 is 17.5 Å². The standard InChI is InChI=1S/C14H18ClFN2O2/c1-9-6-12(15)11(7-13(9)16)14(19)18-3-2-10-8-20-5-4-17-10/h6-7,10,17H,2-5,8H2,1H3,(H,18,19). The fourth-order valence-electron chi connectivity index (χ4n) is 2.08. The van der Waals surface area contributed by atoms with E-state index in [0.29, 0.717) is 18.7 Å². The van der Waals surface area contributed by atoms with E-state index in [1.165, 1.54) is 12.1 Å². The second-order valence-corrected chi connectivity index (χ2v) is 5.26. The van der Waals surface area contributed by atoms with Crippen LogP contribution in [0.2, 0.25) is 5.02 Å². The predicted octanol–water partition coefficient (Wildman–Crippen LogP) is 1.90. The Balaban J connectivity index is 1.87. The highest BCUT2D eigenvalue weighted by atomic mass is 35.5. The third-order valence-corrected chi connectivity index (χ3v) is 3.58. The second kappa shape index (κ2) is 7.02. The molecule has 0 aliphatic carbocycles. The first-order valence-corrected chi connectivity index (χ1v) is 7.00. The van der Waals surface area contributed by atoms with Crippen molar-refractivity contribution in [1.82, 2.24) is 10.6 Å². The maximum atomic E-state index is 13.5. The summed E-state index contributed by atoms with van der Waals surface area (Å²) in [7, 11) is 0. The normalized spacial score (nSPS) is 18.9. The smallest absolute Gasteiger partial charge is 0.252 e. The van der Waals surface area contributed by atoms with Gasteiger partial charge < -0.3 is 15.4 Å². The first-order valence-electron chi connectivity index (χ1n) is 6.63. The van der Waals surface area contributed by atoms with Crippen LogP contribution in [-0.2, 0) is 4.74 Å². The number of amides is 1. The van der Waals surface area contributed by atoms with Crippen LogP contribution < -0.4 is 10.6 Å². The van der Waals surface area contributed by atoms with Gasteiger partial charge in [0.1, 0.15) is 5.82 Å². The molecule has 1 amide bonds. The zero-order valence-corrected chi connectivity index (χ0v) is 12.1. The molecule has 1 atom stereocenters. The minimum absolute atomic E-state index is 0.169. The first kappa shape index (κ1) is 15.2. The van der Waals surface area contributed by atoms with Crippen LogP contribution in [0.1, 0.15) is 22.3 Å². The van der Waals surface area contributed by atoms with Crippen LogP contribution in [0.15, 0.2) is 12.1 Å². The van der Waals surface area contributed by atoms with E-state index in [1.54, 1.807) is 6.92 Å². The molecule has 1 aliphatic heterocycles. The van der Waals surface area contributed by atoms with E-state index in [0.717, 1.165) is 19.6 Å². The number of ether oxygens (including phenoxy) is 1. The lowest BCUT2D eigenvalue weighted by molar-refractivity contribution is 0.0733. The number of carbonyl (C=O) groups excluding carboxylic acids is 1. The number of hydrogen-bond acceptors (Lipinski definition) is 3. The van der Waals surface area contributed by atoms with Gasteiger partial charge in [0.05, 0.1) is 23.8 Å². The average molecular weight is 301 g/mol. The molecule has 6 heteroatoms. The Hall–Kier alpha value is -1.17. The highest BCUT2D eigenvalue weighted by Crippen LogP contribution is 2.20. The van der Waals surface area contributed by atoms with Crippen molar-refractivity contribution in [3.8, 4) is 0 Å². The number of aryl methyl sites for hydroxylation is 1. The first-order chi connectivity index (χ1) is 9.58. The molecule has 0 bridgehead atoms. The minimum Gasteiger partial charge on any atom is -0.379 e. The number of carbonyl (C=O) groups is 1. The van der Waals surface area contributed by atoms with Gasteiger partial charge in [-0.1, -0.05) is 11.6 Å². The Kier molecular flexibility index (Phi) is 5.34. The summed E-state index contributed by atoms with van der Waals surface area (Å²) in [4.78, 5) is 12.0. The molecular formula is C14H18ClFN2O2. The Morgan fingerprint density at radius 3 is 3.10 bits per heavy atom. The van der Waals surface area contributed by atoms with Crippen LogP contribution in [0.3, 0.4) is 0 Å². The molecular weight excluding hydrogens is 283 g/mol. The lowest BCUT2D eigenvalue weighted by Gasteiger charge is -2.23. The maximum absolute atomic E-state index is 13.5. The zero-order valence-electron chi connectivity index (χ0n) is 11.3. The highest BCUT2D eigenvalue weighted by Gasteiger charge is 2.15. The van der Waals surface area contributed by atoms with Gasteiger partial charge in [0.25, 0.3) is 5.91 Å². The molecule has 1 saturated heterocycles. The van der Waals surface area contributed by atoms with Gasteiger partial charge >= 0.3 is 0 Å². The van der Waals surface area contributed by atoms with Gasteiger partial charge in [-0.2, -0.15) is 0 Å². The van der Waals surface area contributed by atoms with E-state index in [4.69, 9.17) is 16.3 Å². The van der Waals surface area contributed by atoms with E-state index >= 15 is 0 Å². The molecule has 1 fully saturated rings. The number of hydrogen-bond donors (Lipinski definition) is 2. The summed E-state index contributed by atoms with van der Waals surface area (Å²) in [6.07, 6.45) is 0.762. The lowest BCUT2D eigenvalue weighted by Crippen LogP contribution is -2.43. The van der Waals surface area contributed by atoms with Gasteiger partial charge in [-0.25, -0.2) is 4.39 Å². The summed E-state index contributed by atoms with van der Waals surface area (Å²) in [5.74, 6) is -0.785. The molecule has 1 aromatic rings.